The van der Waals surface area contributed by atoms with Gasteiger partial charge in [-0.2, -0.15) is 5.26 Å². The van der Waals surface area contributed by atoms with E-state index in [1.165, 1.54) is 17.7 Å². The molecule has 27 heavy (non-hydrogen) atoms. The molecule has 2 atom stereocenters. The Bertz CT molecular complexity index is 761. The van der Waals surface area contributed by atoms with Crippen molar-refractivity contribution >= 4 is 0 Å². The van der Waals surface area contributed by atoms with Crippen molar-refractivity contribution < 1.29 is 4.39 Å². The van der Waals surface area contributed by atoms with Gasteiger partial charge in [0.15, 0.2) is 0 Å². The Morgan fingerprint density at radius 2 is 1.81 bits per heavy atom. The Hall–Kier alpha value is -2.18. The predicted octanol–water partition coefficient (Wildman–Crippen LogP) is 5.34. The van der Waals surface area contributed by atoms with Gasteiger partial charge in [-0.25, -0.2) is 4.39 Å². The molecule has 3 heteroatoms. The average molecular weight is 365 g/mol. The summed E-state index contributed by atoms with van der Waals surface area (Å²) < 4.78 is 13.4. The van der Waals surface area contributed by atoms with Gasteiger partial charge in [0.25, 0.3) is 0 Å². The van der Waals surface area contributed by atoms with Crippen LogP contribution in [-0.2, 0) is 11.8 Å². The Balaban J connectivity index is 1.61. The second-order valence-electron chi connectivity index (χ2n) is 7.97. The van der Waals surface area contributed by atoms with Gasteiger partial charge >= 0.3 is 0 Å². The first-order chi connectivity index (χ1) is 13.0. The van der Waals surface area contributed by atoms with Crippen molar-refractivity contribution in [3.63, 3.8) is 0 Å². The van der Waals surface area contributed by atoms with Crippen molar-refractivity contribution in [3.8, 4) is 6.07 Å². The first-order valence-corrected chi connectivity index (χ1v) is 9.96. The van der Waals surface area contributed by atoms with Gasteiger partial charge in [0.1, 0.15) is 5.82 Å². The molecule has 0 radical (unpaired) electrons. The maximum absolute atomic E-state index is 13.4. The second-order valence-corrected chi connectivity index (χ2v) is 7.97. The fourth-order valence-electron chi connectivity index (χ4n) is 3.95. The minimum atomic E-state index is -0.470. The van der Waals surface area contributed by atoms with Gasteiger partial charge in [0, 0.05) is 12.6 Å². The summed E-state index contributed by atoms with van der Waals surface area (Å²) in [6.45, 7) is 3.25. The normalized spacial score (nSPS) is 17.3. The highest BCUT2D eigenvalue weighted by Crippen LogP contribution is 2.50. The van der Waals surface area contributed by atoms with Crippen molar-refractivity contribution in [2.45, 2.75) is 50.5 Å². The van der Waals surface area contributed by atoms with Gasteiger partial charge in [-0.15, -0.1) is 0 Å². The molecular weight excluding hydrogens is 335 g/mol. The molecule has 0 heterocycles. The maximum Gasteiger partial charge on any atom is 0.123 e. The van der Waals surface area contributed by atoms with Crippen LogP contribution in [0, 0.1) is 23.1 Å². The first kappa shape index (κ1) is 19.6. The van der Waals surface area contributed by atoms with Crippen LogP contribution >= 0.6 is 0 Å². The highest BCUT2D eigenvalue weighted by atomic mass is 19.1. The van der Waals surface area contributed by atoms with Gasteiger partial charge in [-0.05, 0) is 75.3 Å². The molecule has 0 aromatic heterocycles. The molecule has 0 amide bonds. The van der Waals surface area contributed by atoms with Gasteiger partial charge in [0.05, 0.1) is 11.5 Å². The summed E-state index contributed by atoms with van der Waals surface area (Å²) in [4.78, 5) is 2.38. The molecule has 1 aliphatic carbocycles. The van der Waals surface area contributed by atoms with Crippen LogP contribution in [0.1, 0.15) is 43.7 Å². The Kier molecular flexibility index (Phi) is 6.29. The Morgan fingerprint density at radius 1 is 1.15 bits per heavy atom. The van der Waals surface area contributed by atoms with Crippen molar-refractivity contribution in [2.75, 3.05) is 13.6 Å². The monoisotopic (exact) mass is 364 g/mol. The molecule has 0 bridgehead atoms. The number of likely N-dealkylation sites (N-methyl/N-ethyl adjacent to an activating group) is 1. The highest BCUT2D eigenvalue weighted by molar-refractivity contribution is 5.35. The standard InChI is InChI=1S/C24H29FN2/c1-19(27(2)17-15-20-6-4-3-5-7-20)14-16-24(18-26,21-8-9-21)22-10-12-23(25)13-11-22/h3-7,10-13,19,21H,8-9,14-17H2,1-2H3. The zero-order valence-electron chi connectivity index (χ0n) is 16.4. The third kappa shape index (κ3) is 4.76. The van der Waals surface area contributed by atoms with E-state index in [0.29, 0.717) is 12.0 Å². The quantitative estimate of drug-likeness (QED) is 0.600. The lowest BCUT2D eigenvalue weighted by Gasteiger charge is -2.31. The summed E-state index contributed by atoms with van der Waals surface area (Å²) in [5.41, 5.74) is 1.86. The molecule has 0 aliphatic heterocycles. The molecule has 1 aliphatic rings. The number of halogens is 1. The maximum atomic E-state index is 13.4. The summed E-state index contributed by atoms with van der Waals surface area (Å²) in [5.74, 6) is 0.171. The zero-order chi connectivity index (χ0) is 19.3. The topological polar surface area (TPSA) is 27.0 Å². The fourth-order valence-corrected chi connectivity index (χ4v) is 3.95. The van der Waals surface area contributed by atoms with E-state index in [4.69, 9.17) is 0 Å². The van der Waals surface area contributed by atoms with Crippen LogP contribution in [0.3, 0.4) is 0 Å². The van der Waals surface area contributed by atoms with E-state index < -0.39 is 5.41 Å². The Morgan fingerprint density at radius 3 is 2.41 bits per heavy atom. The summed E-state index contributed by atoms with van der Waals surface area (Å²) in [6, 6.07) is 20.2. The lowest BCUT2D eigenvalue weighted by atomic mass is 9.73. The second kappa shape index (κ2) is 8.67. The van der Waals surface area contributed by atoms with Gasteiger partial charge in [0.2, 0.25) is 0 Å². The number of rotatable bonds is 9. The number of nitriles is 1. The van der Waals surface area contributed by atoms with E-state index >= 15 is 0 Å². The van der Waals surface area contributed by atoms with E-state index in [-0.39, 0.29) is 5.82 Å². The summed E-state index contributed by atoms with van der Waals surface area (Å²) >= 11 is 0. The summed E-state index contributed by atoms with van der Waals surface area (Å²) in [5, 5.41) is 10.1. The summed E-state index contributed by atoms with van der Waals surface area (Å²) in [7, 11) is 2.16. The lowest BCUT2D eigenvalue weighted by molar-refractivity contribution is 0.231. The van der Waals surface area contributed by atoms with Crippen LogP contribution in [0.15, 0.2) is 54.6 Å². The van der Waals surface area contributed by atoms with Gasteiger partial charge in [-0.3, -0.25) is 0 Å². The van der Waals surface area contributed by atoms with E-state index in [1.807, 2.05) is 6.07 Å². The molecule has 1 saturated carbocycles. The van der Waals surface area contributed by atoms with Crippen LogP contribution in [-0.4, -0.2) is 24.5 Å². The zero-order valence-corrected chi connectivity index (χ0v) is 16.4. The lowest BCUT2D eigenvalue weighted by Crippen LogP contribution is -2.34. The Labute approximate surface area is 162 Å². The number of hydrogen-bond acceptors (Lipinski definition) is 2. The van der Waals surface area contributed by atoms with Crippen LogP contribution in [0.25, 0.3) is 0 Å². The predicted molar refractivity (Wildman–Crippen MR) is 108 cm³/mol. The largest absolute Gasteiger partial charge is 0.303 e. The number of benzene rings is 2. The third-order valence-corrected chi connectivity index (χ3v) is 6.14. The minimum Gasteiger partial charge on any atom is -0.303 e. The first-order valence-electron chi connectivity index (χ1n) is 9.96. The van der Waals surface area contributed by atoms with E-state index in [0.717, 1.165) is 44.2 Å². The third-order valence-electron chi connectivity index (χ3n) is 6.14. The van der Waals surface area contributed by atoms with E-state index in [9.17, 15) is 9.65 Å². The molecule has 2 nitrogen and oxygen atoms in total. The SMILES string of the molecule is CC(CCC(C#N)(c1ccc(F)cc1)C1CC1)N(C)CCc1ccccc1. The molecule has 3 rings (SSSR count). The molecule has 2 aromatic rings. The van der Waals surface area contributed by atoms with Crippen molar-refractivity contribution in [2.24, 2.45) is 5.92 Å². The van der Waals surface area contributed by atoms with Crippen LogP contribution in [0.2, 0.25) is 0 Å². The van der Waals surface area contributed by atoms with Crippen LogP contribution < -0.4 is 0 Å². The fraction of sp³-hybridized carbons (Fsp3) is 0.458. The molecular formula is C24H29FN2. The van der Waals surface area contributed by atoms with Crippen molar-refractivity contribution in [1.29, 1.82) is 5.26 Å². The molecule has 142 valence electrons. The average Bonchev–Trinajstić information content (AvgIpc) is 3.54. The van der Waals surface area contributed by atoms with Gasteiger partial charge in [-0.1, -0.05) is 42.5 Å². The summed E-state index contributed by atoms with van der Waals surface area (Å²) in [6.07, 6.45) is 5.03. The molecule has 2 unspecified atom stereocenters. The van der Waals surface area contributed by atoms with Crippen molar-refractivity contribution in [1.82, 2.24) is 4.90 Å². The molecule has 0 spiro atoms. The molecule has 0 N–H and O–H groups in total. The molecule has 0 saturated heterocycles. The molecule has 1 fully saturated rings. The number of hydrogen-bond donors (Lipinski definition) is 0. The minimum absolute atomic E-state index is 0.240. The van der Waals surface area contributed by atoms with Crippen LogP contribution in [0.5, 0.6) is 0 Å². The smallest absolute Gasteiger partial charge is 0.123 e. The van der Waals surface area contributed by atoms with Gasteiger partial charge < -0.3 is 4.90 Å². The molecule has 2 aromatic carbocycles. The van der Waals surface area contributed by atoms with Crippen molar-refractivity contribution in [3.05, 3.63) is 71.5 Å². The van der Waals surface area contributed by atoms with E-state index in [2.05, 4.69) is 49.2 Å². The number of nitrogens with zero attached hydrogens (tertiary/aromatic N) is 2. The van der Waals surface area contributed by atoms with Crippen LogP contribution in [0.4, 0.5) is 4.39 Å². The highest BCUT2D eigenvalue weighted by Gasteiger charge is 2.46. The van der Waals surface area contributed by atoms with E-state index in [1.54, 1.807) is 12.1 Å².